The normalized spacial score (nSPS) is 20.0. The number of hydrogen-bond acceptors (Lipinski definition) is 4. The Hall–Kier alpha value is -2.66. The largest absolute Gasteiger partial charge is 0.448 e. The van der Waals surface area contributed by atoms with Gasteiger partial charge in [-0.1, -0.05) is 48.5 Å². The Morgan fingerprint density at radius 1 is 1.08 bits per heavy atom. The first kappa shape index (κ1) is 15.6. The van der Waals surface area contributed by atoms with Gasteiger partial charge >= 0.3 is 6.09 Å². The highest BCUT2D eigenvalue weighted by atomic mass is 16.6. The molecule has 1 amide bonds. The van der Waals surface area contributed by atoms with Crippen LogP contribution < -0.4 is 5.32 Å². The van der Waals surface area contributed by atoms with Crippen molar-refractivity contribution < 1.29 is 14.3 Å². The van der Waals surface area contributed by atoms with Gasteiger partial charge in [0.05, 0.1) is 12.1 Å². The predicted molar refractivity (Wildman–Crippen MR) is 97.0 cm³/mol. The van der Waals surface area contributed by atoms with Crippen LogP contribution in [0.2, 0.25) is 0 Å². The number of fused-ring (bicyclic) bond motifs is 3. The molecule has 0 radical (unpaired) electrons. The third-order valence-electron chi connectivity index (χ3n) is 5.90. The molecule has 2 heterocycles. The van der Waals surface area contributed by atoms with Crippen LogP contribution in [-0.4, -0.2) is 48.6 Å². The monoisotopic (exact) mass is 348 g/mol. The molecule has 2 aromatic carbocycles. The Morgan fingerprint density at radius 2 is 1.69 bits per heavy atom. The van der Waals surface area contributed by atoms with E-state index in [1.807, 2.05) is 24.3 Å². The molecular formula is C21H20N2O3. The molecular weight excluding hydrogens is 328 g/mol. The summed E-state index contributed by atoms with van der Waals surface area (Å²) in [6.45, 7) is 1.80. The van der Waals surface area contributed by atoms with E-state index in [1.54, 1.807) is 4.90 Å². The Bertz CT molecular complexity index is 858. The zero-order valence-electron chi connectivity index (χ0n) is 14.4. The second kappa shape index (κ2) is 5.68. The number of carbonyl (C=O) groups excluding carboxylic acids is 2. The van der Waals surface area contributed by atoms with Crippen LogP contribution in [0.3, 0.4) is 0 Å². The smallest absolute Gasteiger partial charge is 0.410 e. The molecule has 5 nitrogen and oxygen atoms in total. The van der Waals surface area contributed by atoms with Gasteiger partial charge in [-0.3, -0.25) is 9.69 Å². The molecule has 0 saturated carbocycles. The number of likely N-dealkylation sites (tertiary alicyclic amines) is 1. The third-order valence-corrected chi connectivity index (χ3v) is 5.90. The molecule has 0 unspecified atom stereocenters. The van der Waals surface area contributed by atoms with Gasteiger partial charge < -0.3 is 10.1 Å². The van der Waals surface area contributed by atoms with Gasteiger partial charge in [-0.05, 0) is 22.3 Å². The fraction of sp³-hybridized carbons (Fsp3) is 0.333. The minimum Gasteiger partial charge on any atom is -0.448 e. The van der Waals surface area contributed by atoms with Gasteiger partial charge in [-0.25, -0.2) is 4.79 Å². The van der Waals surface area contributed by atoms with E-state index in [0.717, 1.165) is 0 Å². The minimum absolute atomic E-state index is 0.0418. The molecule has 3 aliphatic rings. The summed E-state index contributed by atoms with van der Waals surface area (Å²) in [5, 5.41) is 3.17. The maximum Gasteiger partial charge on any atom is 0.410 e. The van der Waals surface area contributed by atoms with E-state index in [2.05, 4.69) is 29.6 Å². The third kappa shape index (κ3) is 2.20. The van der Waals surface area contributed by atoms with Crippen LogP contribution in [0.5, 0.6) is 0 Å². The second-order valence-corrected chi connectivity index (χ2v) is 7.43. The quantitative estimate of drug-likeness (QED) is 0.906. The summed E-state index contributed by atoms with van der Waals surface area (Å²) in [5.41, 5.74) is 4.44. The molecule has 1 aliphatic carbocycles. The highest BCUT2D eigenvalue weighted by Gasteiger charge is 2.52. The first-order valence-electron chi connectivity index (χ1n) is 9.03. The van der Waals surface area contributed by atoms with Gasteiger partial charge in [0, 0.05) is 25.4 Å². The van der Waals surface area contributed by atoms with Gasteiger partial charge in [-0.2, -0.15) is 0 Å². The number of benzene rings is 2. The summed E-state index contributed by atoms with van der Waals surface area (Å²) >= 11 is 0. The number of hydrogen-bond donors (Lipinski definition) is 1. The molecule has 132 valence electrons. The lowest BCUT2D eigenvalue weighted by atomic mass is 9.89. The molecule has 0 bridgehead atoms. The summed E-state index contributed by atoms with van der Waals surface area (Å²) in [5.74, 6) is 0.153. The Kier molecular flexibility index (Phi) is 3.40. The number of nitrogens with zero attached hydrogens (tertiary/aromatic N) is 1. The molecule has 5 rings (SSSR count). The van der Waals surface area contributed by atoms with Gasteiger partial charge in [0.2, 0.25) is 0 Å². The molecule has 2 fully saturated rings. The molecule has 2 saturated heterocycles. The number of carbonyl (C=O) groups is 2. The highest BCUT2D eigenvalue weighted by molar-refractivity contribution is 5.90. The fourth-order valence-electron chi connectivity index (χ4n) is 4.52. The highest BCUT2D eigenvalue weighted by Crippen LogP contribution is 2.44. The number of Topliss-reactive ketones (excluding diaryl/α,β-unsaturated/α-hetero) is 1. The van der Waals surface area contributed by atoms with Crippen molar-refractivity contribution in [3.8, 4) is 11.1 Å². The van der Waals surface area contributed by atoms with E-state index in [0.29, 0.717) is 26.1 Å². The van der Waals surface area contributed by atoms with Gasteiger partial charge in [0.25, 0.3) is 0 Å². The number of amides is 1. The van der Waals surface area contributed by atoms with Crippen molar-refractivity contribution in [2.75, 3.05) is 26.2 Å². The lowest BCUT2D eigenvalue weighted by Gasteiger charge is -2.44. The van der Waals surface area contributed by atoms with E-state index in [4.69, 9.17) is 4.74 Å². The van der Waals surface area contributed by atoms with E-state index < -0.39 is 0 Å². The SMILES string of the molecule is O=C1CN(C(=O)OCC2c3ccccc3-c3ccccc32)C2(CNC2)C1. The molecule has 1 N–H and O–H groups in total. The van der Waals surface area contributed by atoms with E-state index >= 15 is 0 Å². The average Bonchev–Trinajstić information content (AvgIpc) is 3.15. The van der Waals surface area contributed by atoms with E-state index in [1.165, 1.54) is 22.3 Å². The summed E-state index contributed by atoms with van der Waals surface area (Å²) < 4.78 is 5.71. The summed E-state index contributed by atoms with van der Waals surface area (Å²) in [4.78, 5) is 26.2. The average molecular weight is 348 g/mol. The number of ketones is 1. The lowest BCUT2D eigenvalue weighted by molar-refractivity contribution is -0.117. The minimum atomic E-state index is -0.376. The van der Waals surface area contributed by atoms with Crippen molar-refractivity contribution in [3.05, 3.63) is 59.7 Å². The summed E-state index contributed by atoms with van der Waals surface area (Å²) in [6.07, 6.45) is 0.0590. The van der Waals surface area contributed by atoms with E-state index in [9.17, 15) is 9.59 Å². The number of ether oxygens (including phenoxy) is 1. The fourth-order valence-corrected chi connectivity index (χ4v) is 4.52. The van der Waals surface area contributed by atoms with Gasteiger partial charge in [0.1, 0.15) is 6.61 Å². The van der Waals surface area contributed by atoms with Crippen LogP contribution >= 0.6 is 0 Å². The second-order valence-electron chi connectivity index (χ2n) is 7.43. The summed E-state index contributed by atoms with van der Waals surface area (Å²) in [7, 11) is 0. The maximum absolute atomic E-state index is 12.7. The Morgan fingerprint density at radius 3 is 2.27 bits per heavy atom. The van der Waals surface area contributed by atoms with Crippen LogP contribution in [0.15, 0.2) is 48.5 Å². The molecule has 5 heteroatoms. The Balaban J connectivity index is 1.37. The van der Waals surface area contributed by atoms with E-state index in [-0.39, 0.29) is 29.9 Å². The van der Waals surface area contributed by atoms with Crippen molar-refractivity contribution in [1.29, 1.82) is 0 Å². The summed E-state index contributed by atoms with van der Waals surface area (Å²) in [6, 6.07) is 16.5. The Labute approximate surface area is 152 Å². The lowest BCUT2D eigenvalue weighted by Crippen LogP contribution is -2.67. The van der Waals surface area contributed by atoms with Crippen molar-refractivity contribution >= 4 is 11.9 Å². The first-order valence-corrected chi connectivity index (χ1v) is 9.03. The molecule has 2 aromatic rings. The van der Waals surface area contributed by atoms with Crippen LogP contribution in [0.1, 0.15) is 23.5 Å². The van der Waals surface area contributed by atoms with Crippen molar-refractivity contribution in [3.63, 3.8) is 0 Å². The maximum atomic E-state index is 12.7. The van der Waals surface area contributed by atoms with Crippen LogP contribution in [0.25, 0.3) is 11.1 Å². The van der Waals surface area contributed by atoms with Gasteiger partial charge in [-0.15, -0.1) is 0 Å². The van der Waals surface area contributed by atoms with Crippen LogP contribution in [0.4, 0.5) is 4.79 Å². The number of rotatable bonds is 2. The van der Waals surface area contributed by atoms with Crippen LogP contribution in [-0.2, 0) is 9.53 Å². The van der Waals surface area contributed by atoms with Crippen molar-refractivity contribution in [2.24, 2.45) is 0 Å². The zero-order chi connectivity index (χ0) is 17.7. The topological polar surface area (TPSA) is 58.6 Å². The molecule has 1 spiro atoms. The molecule has 0 aromatic heterocycles. The number of nitrogens with one attached hydrogen (secondary N) is 1. The standard InChI is InChI=1S/C21H20N2O3/c24-14-9-21(12-22-13-21)23(10-14)20(25)26-11-19-17-7-3-1-5-15(17)16-6-2-4-8-18(16)19/h1-8,19,22H,9-13H2. The predicted octanol–water partition coefficient (Wildman–Crippen LogP) is 2.55. The molecule has 2 aliphatic heterocycles. The van der Waals surface area contributed by atoms with Gasteiger partial charge in [0.15, 0.2) is 5.78 Å². The first-order chi connectivity index (χ1) is 12.7. The van der Waals surface area contributed by atoms with Crippen LogP contribution in [0, 0.1) is 0 Å². The molecule has 26 heavy (non-hydrogen) atoms. The molecule has 0 atom stereocenters. The van der Waals surface area contributed by atoms with Crippen molar-refractivity contribution in [1.82, 2.24) is 10.2 Å². The zero-order valence-corrected chi connectivity index (χ0v) is 14.4. The van der Waals surface area contributed by atoms with Crippen molar-refractivity contribution in [2.45, 2.75) is 17.9 Å².